The molecule has 19 heavy (non-hydrogen) atoms. The second-order valence-corrected chi connectivity index (χ2v) is 7.86. The maximum Gasteiger partial charge on any atom is 0.180 e. The highest BCUT2D eigenvalue weighted by Crippen LogP contribution is 2.44. The number of Topliss-reactive ketones (excluding diaryl/α,β-unsaturated/α-hetero) is 1. The van der Waals surface area contributed by atoms with Crippen LogP contribution < -0.4 is 10.6 Å². The summed E-state index contributed by atoms with van der Waals surface area (Å²) in [7, 11) is -1.65. The Bertz CT molecular complexity index is 615. The fraction of sp³-hybridized carbons (Fsp3) is 0.583. The minimum atomic E-state index is -3.45. The molecule has 106 valence electrons. The van der Waals surface area contributed by atoms with Gasteiger partial charge >= 0.3 is 0 Å². The Balaban J connectivity index is 2.59. The van der Waals surface area contributed by atoms with Crippen molar-refractivity contribution in [3.8, 4) is 0 Å². The summed E-state index contributed by atoms with van der Waals surface area (Å²) in [5.74, 6) is 0.0243. The van der Waals surface area contributed by atoms with Crippen molar-refractivity contribution >= 4 is 37.6 Å². The first kappa shape index (κ1) is 14.3. The molecule has 1 aromatic heterocycles. The molecule has 1 aliphatic carbocycles. The van der Waals surface area contributed by atoms with Crippen LogP contribution >= 0.6 is 11.3 Å². The van der Waals surface area contributed by atoms with Crippen LogP contribution in [-0.2, 0) is 9.84 Å². The highest BCUT2D eigenvalue weighted by molar-refractivity contribution is 7.91. The number of hydrogen-bond donors (Lipinski definition) is 1. The average Bonchev–Trinajstić information content (AvgIpc) is 3.09. The molecule has 1 aromatic rings. The van der Waals surface area contributed by atoms with Gasteiger partial charge in [-0.15, -0.1) is 11.3 Å². The zero-order valence-corrected chi connectivity index (χ0v) is 12.9. The third kappa shape index (κ3) is 2.62. The molecule has 0 unspecified atom stereocenters. The van der Waals surface area contributed by atoms with Crippen LogP contribution in [0.5, 0.6) is 0 Å². The number of thiophene rings is 1. The van der Waals surface area contributed by atoms with Crippen LogP contribution in [0.1, 0.15) is 29.4 Å². The lowest BCUT2D eigenvalue weighted by molar-refractivity contribution is 0.0972. The molecule has 0 radical (unpaired) electrons. The largest absolute Gasteiger partial charge is 0.396 e. The molecule has 2 N–H and O–H groups in total. The van der Waals surface area contributed by atoms with Crippen LogP contribution in [0.15, 0.2) is 4.90 Å². The van der Waals surface area contributed by atoms with Crippen molar-refractivity contribution in [2.45, 2.75) is 24.7 Å². The Hall–Kier alpha value is -1.08. The molecule has 1 heterocycles. The van der Waals surface area contributed by atoms with Crippen LogP contribution in [0.4, 0.5) is 10.7 Å². The lowest BCUT2D eigenvalue weighted by Gasteiger charge is -2.15. The van der Waals surface area contributed by atoms with Gasteiger partial charge in [0.25, 0.3) is 0 Å². The number of sulfone groups is 1. The molecule has 0 amide bonds. The maximum absolute atomic E-state index is 12.1. The van der Waals surface area contributed by atoms with Gasteiger partial charge in [-0.25, -0.2) is 8.42 Å². The van der Waals surface area contributed by atoms with Crippen molar-refractivity contribution < 1.29 is 13.2 Å². The van der Waals surface area contributed by atoms with Crippen LogP contribution in [0.25, 0.3) is 0 Å². The smallest absolute Gasteiger partial charge is 0.180 e. The topological polar surface area (TPSA) is 80.5 Å². The zero-order chi connectivity index (χ0) is 14.4. The van der Waals surface area contributed by atoms with E-state index in [1.165, 1.54) is 11.3 Å². The first-order chi connectivity index (χ1) is 8.77. The van der Waals surface area contributed by atoms with Crippen LogP contribution in [0.3, 0.4) is 0 Å². The van der Waals surface area contributed by atoms with Crippen molar-refractivity contribution in [3.63, 3.8) is 0 Å². The van der Waals surface area contributed by atoms with Gasteiger partial charge in [0.15, 0.2) is 15.6 Å². The number of hydrogen-bond acceptors (Lipinski definition) is 6. The molecule has 0 bridgehead atoms. The van der Waals surface area contributed by atoms with E-state index in [2.05, 4.69) is 0 Å². The number of rotatable bonds is 5. The Morgan fingerprint density at radius 1 is 1.47 bits per heavy atom. The van der Waals surface area contributed by atoms with Gasteiger partial charge in [-0.1, -0.05) is 0 Å². The van der Waals surface area contributed by atoms with E-state index in [1.807, 2.05) is 6.92 Å². The third-order valence-electron chi connectivity index (χ3n) is 3.25. The highest BCUT2D eigenvalue weighted by atomic mass is 32.2. The van der Waals surface area contributed by atoms with Crippen LogP contribution in [0.2, 0.25) is 0 Å². The van der Waals surface area contributed by atoms with E-state index in [0.717, 1.165) is 19.1 Å². The predicted molar refractivity (Wildman–Crippen MR) is 77.8 cm³/mol. The summed E-state index contributed by atoms with van der Waals surface area (Å²) in [5.41, 5.74) is 6.06. The van der Waals surface area contributed by atoms with Gasteiger partial charge < -0.3 is 10.6 Å². The normalized spacial score (nSPS) is 15.5. The SMILES string of the molecule is CCN(C)c1sc(C(=O)C2CC2)c(N)c1S(C)(=O)=O. The minimum absolute atomic E-state index is 0.0110. The quantitative estimate of drug-likeness (QED) is 0.839. The molecule has 0 spiro atoms. The summed E-state index contributed by atoms with van der Waals surface area (Å²) in [6, 6.07) is 0. The molecule has 0 saturated heterocycles. The van der Waals surface area contributed by atoms with E-state index < -0.39 is 9.84 Å². The van der Waals surface area contributed by atoms with Gasteiger partial charge in [0, 0.05) is 25.8 Å². The highest BCUT2D eigenvalue weighted by Gasteiger charge is 2.36. The maximum atomic E-state index is 12.1. The Kier molecular flexibility index (Phi) is 3.61. The summed E-state index contributed by atoms with van der Waals surface area (Å²) in [4.78, 5) is 14.5. The third-order valence-corrected chi connectivity index (χ3v) is 5.86. The van der Waals surface area contributed by atoms with Gasteiger partial charge in [-0.3, -0.25) is 4.79 Å². The Morgan fingerprint density at radius 3 is 2.47 bits per heavy atom. The lowest BCUT2D eigenvalue weighted by Crippen LogP contribution is -2.17. The molecular weight excluding hydrogens is 284 g/mol. The molecule has 1 saturated carbocycles. The second kappa shape index (κ2) is 4.79. The van der Waals surface area contributed by atoms with Gasteiger partial charge in [-0.05, 0) is 19.8 Å². The first-order valence-electron chi connectivity index (χ1n) is 6.15. The van der Waals surface area contributed by atoms with Gasteiger partial charge in [0.05, 0.1) is 10.6 Å². The molecular formula is C12H18N2O3S2. The summed E-state index contributed by atoms with van der Waals surface area (Å²) in [6.07, 6.45) is 2.89. The Morgan fingerprint density at radius 2 is 2.05 bits per heavy atom. The monoisotopic (exact) mass is 302 g/mol. The lowest BCUT2D eigenvalue weighted by atomic mass is 10.2. The molecule has 5 nitrogen and oxygen atoms in total. The summed E-state index contributed by atoms with van der Waals surface area (Å²) < 4.78 is 23.8. The van der Waals surface area contributed by atoms with E-state index in [-0.39, 0.29) is 22.3 Å². The number of carbonyl (C=O) groups is 1. The van der Waals surface area contributed by atoms with E-state index in [9.17, 15) is 13.2 Å². The van der Waals surface area contributed by atoms with Crippen molar-refractivity contribution in [3.05, 3.63) is 4.88 Å². The fourth-order valence-corrected chi connectivity index (χ4v) is 4.66. The van der Waals surface area contributed by atoms with Gasteiger partial charge in [0.1, 0.15) is 9.90 Å². The molecule has 1 aliphatic rings. The van der Waals surface area contributed by atoms with Crippen molar-refractivity contribution in [1.82, 2.24) is 0 Å². The molecule has 2 rings (SSSR count). The van der Waals surface area contributed by atoms with Crippen molar-refractivity contribution in [2.24, 2.45) is 5.92 Å². The van der Waals surface area contributed by atoms with Crippen molar-refractivity contribution in [2.75, 3.05) is 30.5 Å². The fourth-order valence-electron chi connectivity index (χ4n) is 1.88. The number of nitrogen functional groups attached to an aromatic ring is 1. The Labute approximate surface area is 117 Å². The molecule has 0 atom stereocenters. The van der Waals surface area contributed by atoms with E-state index >= 15 is 0 Å². The zero-order valence-electron chi connectivity index (χ0n) is 11.3. The van der Waals surface area contributed by atoms with Gasteiger partial charge in [0.2, 0.25) is 0 Å². The first-order valence-corrected chi connectivity index (χ1v) is 8.85. The number of carbonyl (C=O) groups excluding carboxylic acids is 1. The number of ketones is 1. The summed E-state index contributed by atoms with van der Waals surface area (Å²) in [5, 5.41) is 0.562. The molecule has 1 fully saturated rings. The second-order valence-electron chi connectivity index (χ2n) is 4.90. The standard InChI is InChI=1S/C12H18N2O3S2/c1-4-14(2)12-11(19(3,16)17)8(13)10(18-12)9(15)7-5-6-7/h7H,4-6,13H2,1-3H3. The predicted octanol–water partition coefficient (Wildman–Crippen LogP) is 1.78. The summed E-state index contributed by atoms with van der Waals surface area (Å²) >= 11 is 1.19. The number of anilines is 2. The number of nitrogens with two attached hydrogens (primary N) is 1. The minimum Gasteiger partial charge on any atom is -0.396 e. The average molecular weight is 302 g/mol. The van der Waals surface area contributed by atoms with Gasteiger partial charge in [-0.2, -0.15) is 0 Å². The van der Waals surface area contributed by atoms with E-state index in [1.54, 1.807) is 11.9 Å². The molecule has 0 aliphatic heterocycles. The molecule has 7 heteroatoms. The van der Waals surface area contributed by atoms with E-state index in [0.29, 0.717) is 16.4 Å². The molecule has 0 aromatic carbocycles. The van der Waals surface area contributed by atoms with Crippen molar-refractivity contribution in [1.29, 1.82) is 0 Å². The van der Waals surface area contributed by atoms with Crippen LogP contribution in [-0.4, -0.2) is 34.0 Å². The number of nitrogens with zero attached hydrogens (tertiary/aromatic N) is 1. The van der Waals surface area contributed by atoms with Crippen LogP contribution in [0, 0.1) is 5.92 Å². The summed E-state index contributed by atoms with van der Waals surface area (Å²) in [6.45, 7) is 2.57. The van der Waals surface area contributed by atoms with E-state index in [4.69, 9.17) is 5.73 Å².